The highest BCUT2D eigenvalue weighted by atomic mass is 32.2. The minimum atomic E-state index is 0.314. The van der Waals surface area contributed by atoms with Crippen molar-refractivity contribution in [2.75, 3.05) is 6.54 Å². The lowest BCUT2D eigenvalue weighted by atomic mass is 10.1. The zero-order valence-electron chi connectivity index (χ0n) is 11.6. The van der Waals surface area contributed by atoms with Crippen LogP contribution in [0, 0.1) is 0 Å². The zero-order chi connectivity index (χ0) is 14.5. The van der Waals surface area contributed by atoms with Gasteiger partial charge in [-0.2, -0.15) is 0 Å². The van der Waals surface area contributed by atoms with E-state index in [-0.39, 0.29) is 0 Å². The van der Waals surface area contributed by atoms with E-state index in [1.54, 1.807) is 18.1 Å². The molecule has 4 heteroatoms. The summed E-state index contributed by atoms with van der Waals surface area (Å²) in [5.74, 6) is 0. The fraction of sp³-hybridized carbons (Fsp3) is 0.176. The van der Waals surface area contributed by atoms with Gasteiger partial charge in [0.15, 0.2) is 0 Å². The normalized spacial score (nSPS) is 12.4. The number of fused-ring (bicyclic) bond motifs is 1. The summed E-state index contributed by atoms with van der Waals surface area (Å²) < 4.78 is 0. The molecule has 1 aromatic heterocycles. The van der Waals surface area contributed by atoms with Crippen LogP contribution in [0.15, 0.2) is 66.0 Å². The lowest BCUT2D eigenvalue weighted by Crippen LogP contribution is -2.05. The number of hydrogen-bond donors (Lipinski definition) is 1. The van der Waals surface area contributed by atoms with Crippen molar-refractivity contribution in [3.8, 4) is 0 Å². The van der Waals surface area contributed by atoms with Gasteiger partial charge >= 0.3 is 0 Å². The van der Waals surface area contributed by atoms with Gasteiger partial charge in [-0.05, 0) is 24.6 Å². The van der Waals surface area contributed by atoms with E-state index in [0.29, 0.717) is 11.8 Å². The summed E-state index contributed by atoms with van der Waals surface area (Å²) in [6.07, 6.45) is 2.56. The molecule has 3 aromatic rings. The van der Waals surface area contributed by atoms with Crippen LogP contribution >= 0.6 is 11.8 Å². The van der Waals surface area contributed by atoms with Gasteiger partial charge in [-0.3, -0.25) is 0 Å². The maximum atomic E-state index is 5.79. The Labute approximate surface area is 128 Å². The average molecular weight is 295 g/mol. The highest BCUT2D eigenvalue weighted by Crippen LogP contribution is 2.38. The Morgan fingerprint density at radius 3 is 2.52 bits per heavy atom. The van der Waals surface area contributed by atoms with Crippen LogP contribution < -0.4 is 5.73 Å². The number of nitrogens with two attached hydrogens (primary N) is 1. The smallest absolute Gasteiger partial charge is 0.117 e. The molecule has 3 rings (SSSR count). The number of aromatic nitrogens is 2. The van der Waals surface area contributed by atoms with E-state index in [9.17, 15) is 0 Å². The van der Waals surface area contributed by atoms with Gasteiger partial charge in [0.25, 0.3) is 0 Å². The molecular weight excluding hydrogens is 278 g/mol. The summed E-state index contributed by atoms with van der Waals surface area (Å²) in [6, 6.07) is 18.6. The Balaban J connectivity index is 1.95. The van der Waals surface area contributed by atoms with Crippen molar-refractivity contribution >= 4 is 22.7 Å². The first-order valence-electron chi connectivity index (χ1n) is 7.00. The lowest BCUT2D eigenvalue weighted by molar-refractivity contribution is 0.812. The number of rotatable bonds is 5. The molecule has 0 spiro atoms. The molecule has 0 aliphatic heterocycles. The summed E-state index contributed by atoms with van der Waals surface area (Å²) in [7, 11) is 0. The minimum Gasteiger partial charge on any atom is -0.330 e. The van der Waals surface area contributed by atoms with Gasteiger partial charge in [0.2, 0.25) is 0 Å². The first-order chi connectivity index (χ1) is 10.4. The Hall–Kier alpha value is -1.91. The maximum absolute atomic E-state index is 5.79. The highest BCUT2D eigenvalue weighted by Gasteiger charge is 2.15. The van der Waals surface area contributed by atoms with Gasteiger partial charge in [-0.1, -0.05) is 60.3 Å². The lowest BCUT2D eigenvalue weighted by Gasteiger charge is -2.16. The number of benzene rings is 2. The Morgan fingerprint density at radius 2 is 1.71 bits per heavy atom. The molecule has 0 bridgehead atoms. The minimum absolute atomic E-state index is 0.314. The third-order valence-corrected chi connectivity index (χ3v) is 4.70. The van der Waals surface area contributed by atoms with Crippen molar-refractivity contribution in [2.24, 2.45) is 5.73 Å². The molecule has 0 saturated heterocycles. The van der Waals surface area contributed by atoms with E-state index in [1.807, 2.05) is 24.3 Å². The van der Waals surface area contributed by atoms with E-state index in [4.69, 9.17) is 5.73 Å². The largest absolute Gasteiger partial charge is 0.330 e. The van der Waals surface area contributed by atoms with Crippen LogP contribution in [0.3, 0.4) is 0 Å². The van der Waals surface area contributed by atoms with Crippen molar-refractivity contribution < 1.29 is 0 Å². The zero-order valence-corrected chi connectivity index (χ0v) is 12.5. The van der Waals surface area contributed by atoms with Gasteiger partial charge < -0.3 is 5.73 Å². The van der Waals surface area contributed by atoms with Crippen molar-refractivity contribution in [2.45, 2.75) is 16.7 Å². The van der Waals surface area contributed by atoms with Crippen LogP contribution in [0.5, 0.6) is 0 Å². The summed E-state index contributed by atoms with van der Waals surface area (Å²) in [4.78, 5) is 8.78. The predicted octanol–water partition coefficient (Wildman–Crippen LogP) is 3.81. The van der Waals surface area contributed by atoms with Crippen molar-refractivity contribution in [3.63, 3.8) is 0 Å². The summed E-state index contributed by atoms with van der Waals surface area (Å²) >= 11 is 1.76. The van der Waals surface area contributed by atoms with Gasteiger partial charge in [0.1, 0.15) is 11.4 Å². The number of para-hydroxylation sites is 1. The number of hydrogen-bond acceptors (Lipinski definition) is 4. The molecule has 0 amide bonds. The SMILES string of the molecule is NCCC(Sc1ncnc2ccccc12)c1ccccc1. The molecule has 1 unspecified atom stereocenters. The molecule has 21 heavy (non-hydrogen) atoms. The summed E-state index contributed by atoms with van der Waals surface area (Å²) in [5, 5.41) is 2.43. The molecule has 1 heterocycles. The van der Waals surface area contributed by atoms with Crippen LogP contribution in [0.4, 0.5) is 0 Å². The van der Waals surface area contributed by atoms with Crippen LogP contribution in [0.2, 0.25) is 0 Å². The first-order valence-corrected chi connectivity index (χ1v) is 7.88. The van der Waals surface area contributed by atoms with E-state index >= 15 is 0 Å². The molecule has 2 N–H and O–H groups in total. The van der Waals surface area contributed by atoms with Gasteiger partial charge in [0, 0.05) is 10.6 Å². The number of thioether (sulfide) groups is 1. The van der Waals surface area contributed by atoms with E-state index in [2.05, 4.69) is 40.3 Å². The average Bonchev–Trinajstić information content (AvgIpc) is 2.55. The second-order valence-electron chi connectivity index (χ2n) is 4.79. The van der Waals surface area contributed by atoms with Crippen molar-refractivity contribution in [1.29, 1.82) is 0 Å². The Morgan fingerprint density at radius 1 is 0.952 bits per heavy atom. The van der Waals surface area contributed by atoms with E-state index < -0.39 is 0 Å². The second-order valence-corrected chi connectivity index (χ2v) is 5.98. The number of nitrogens with zero attached hydrogens (tertiary/aromatic N) is 2. The predicted molar refractivity (Wildman–Crippen MR) is 88.2 cm³/mol. The molecule has 0 saturated carbocycles. The molecule has 106 valence electrons. The van der Waals surface area contributed by atoms with Gasteiger partial charge in [-0.25, -0.2) is 9.97 Å². The standard InChI is InChI=1S/C17H17N3S/c18-11-10-16(13-6-2-1-3-7-13)21-17-14-8-4-5-9-15(14)19-12-20-17/h1-9,12,16H,10-11,18H2. The molecule has 0 fully saturated rings. The quantitative estimate of drug-likeness (QED) is 0.574. The van der Waals surface area contributed by atoms with E-state index in [1.165, 1.54) is 5.56 Å². The van der Waals surface area contributed by atoms with Crippen LogP contribution in [0.1, 0.15) is 17.2 Å². The highest BCUT2D eigenvalue weighted by molar-refractivity contribution is 7.99. The third-order valence-electron chi connectivity index (χ3n) is 3.36. The van der Waals surface area contributed by atoms with Crippen LogP contribution in [-0.2, 0) is 0 Å². The summed E-state index contributed by atoms with van der Waals surface area (Å²) in [6.45, 7) is 0.662. The third kappa shape index (κ3) is 3.23. The topological polar surface area (TPSA) is 51.8 Å². The van der Waals surface area contributed by atoms with Crippen LogP contribution in [-0.4, -0.2) is 16.5 Å². The molecule has 3 nitrogen and oxygen atoms in total. The molecule has 1 atom stereocenters. The molecule has 0 aliphatic carbocycles. The fourth-order valence-corrected chi connectivity index (χ4v) is 3.55. The van der Waals surface area contributed by atoms with Crippen molar-refractivity contribution in [1.82, 2.24) is 9.97 Å². The van der Waals surface area contributed by atoms with Crippen molar-refractivity contribution in [3.05, 3.63) is 66.5 Å². The second kappa shape index (κ2) is 6.70. The Kier molecular flexibility index (Phi) is 4.48. The molecular formula is C17H17N3S. The summed E-state index contributed by atoms with van der Waals surface area (Å²) in [5.41, 5.74) is 8.06. The molecule has 2 aromatic carbocycles. The van der Waals surface area contributed by atoms with Crippen LogP contribution in [0.25, 0.3) is 10.9 Å². The Bertz CT molecular complexity index is 710. The molecule has 0 radical (unpaired) electrons. The van der Waals surface area contributed by atoms with Gasteiger partial charge in [-0.15, -0.1) is 0 Å². The van der Waals surface area contributed by atoms with E-state index in [0.717, 1.165) is 22.3 Å². The van der Waals surface area contributed by atoms with Gasteiger partial charge in [0.05, 0.1) is 5.52 Å². The first kappa shape index (κ1) is 14.0. The fourth-order valence-electron chi connectivity index (χ4n) is 2.32. The molecule has 0 aliphatic rings. The monoisotopic (exact) mass is 295 g/mol. The maximum Gasteiger partial charge on any atom is 0.117 e.